The summed E-state index contributed by atoms with van der Waals surface area (Å²) in [5.41, 5.74) is -0.447. The highest BCUT2D eigenvalue weighted by molar-refractivity contribution is 4.80. The van der Waals surface area contributed by atoms with E-state index >= 15 is 0 Å². The first kappa shape index (κ1) is 17.2. The number of hydrogen-bond donors (Lipinski definition) is 4. The van der Waals surface area contributed by atoms with Crippen molar-refractivity contribution < 1.29 is 0 Å². The molecular formula is C15H26N6O2. The molecule has 8 nitrogen and oxygen atoms in total. The first-order valence-corrected chi connectivity index (χ1v) is 8.51. The summed E-state index contributed by atoms with van der Waals surface area (Å²) < 4.78 is 0. The normalized spacial score (nSPS) is 11.1. The van der Waals surface area contributed by atoms with Crippen molar-refractivity contribution in [2.75, 3.05) is 0 Å². The molecule has 0 spiro atoms. The number of aromatic nitrogens is 6. The molecule has 0 aromatic carbocycles. The molecule has 0 unspecified atom stereocenters. The summed E-state index contributed by atoms with van der Waals surface area (Å²) in [6.45, 7) is 0. The predicted molar refractivity (Wildman–Crippen MR) is 87.4 cm³/mol. The second-order valence-electron chi connectivity index (χ2n) is 5.93. The van der Waals surface area contributed by atoms with Crippen molar-refractivity contribution >= 4 is 0 Å². The Morgan fingerprint density at radius 2 is 0.913 bits per heavy atom. The molecular weight excluding hydrogens is 296 g/mol. The lowest BCUT2D eigenvalue weighted by molar-refractivity contribution is 0.554. The Bertz CT molecular complexity index is 597. The maximum atomic E-state index is 10.9. The molecule has 0 amide bonds. The van der Waals surface area contributed by atoms with E-state index in [1.807, 2.05) is 0 Å². The molecule has 23 heavy (non-hydrogen) atoms. The molecule has 2 aromatic rings. The van der Waals surface area contributed by atoms with Gasteiger partial charge in [0.25, 0.3) is 0 Å². The molecule has 8 heteroatoms. The van der Waals surface area contributed by atoms with Crippen LogP contribution in [0, 0.1) is 0 Å². The van der Waals surface area contributed by atoms with Crippen molar-refractivity contribution in [1.82, 2.24) is 30.4 Å². The van der Waals surface area contributed by atoms with Gasteiger partial charge in [0.05, 0.1) is 0 Å². The van der Waals surface area contributed by atoms with Crippen molar-refractivity contribution in [3.8, 4) is 0 Å². The van der Waals surface area contributed by atoms with Crippen LogP contribution in [0.1, 0.15) is 69.4 Å². The topological polar surface area (TPSA) is 123 Å². The Hall–Kier alpha value is -2.12. The van der Waals surface area contributed by atoms with Crippen LogP contribution >= 0.6 is 0 Å². The second kappa shape index (κ2) is 9.81. The smallest absolute Gasteiger partial charge is 0.293 e. The van der Waals surface area contributed by atoms with Crippen LogP contribution in [-0.4, -0.2) is 30.4 Å². The second-order valence-corrected chi connectivity index (χ2v) is 5.93. The number of nitrogens with one attached hydrogen (secondary N) is 4. The largest absolute Gasteiger partial charge is 0.340 e. The zero-order valence-electron chi connectivity index (χ0n) is 13.5. The third-order valence-corrected chi connectivity index (χ3v) is 3.93. The average Bonchev–Trinajstić information content (AvgIpc) is 3.13. The van der Waals surface area contributed by atoms with Gasteiger partial charge in [-0.05, 0) is 12.8 Å². The van der Waals surface area contributed by atoms with E-state index in [1.54, 1.807) is 0 Å². The van der Waals surface area contributed by atoms with Gasteiger partial charge in [0.15, 0.2) is 0 Å². The SMILES string of the molecule is O=c1[nH]nc(CCCCCCCCCCCc2n[nH]c(=O)[nH]2)[nH]1. The van der Waals surface area contributed by atoms with Crippen LogP contribution in [0.25, 0.3) is 0 Å². The summed E-state index contributed by atoms with van der Waals surface area (Å²) in [5, 5.41) is 12.6. The van der Waals surface area contributed by atoms with Gasteiger partial charge in [-0.3, -0.25) is 9.97 Å². The molecule has 0 saturated heterocycles. The van der Waals surface area contributed by atoms with Crippen LogP contribution in [0.4, 0.5) is 0 Å². The fourth-order valence-corrected chi connectivity index (χ4v) is 2.67. The summed E-state index contributed by atoms with van der Waals surface area (Å²) >= 11 is 0. The molecule has 0 aliphatic heterocycles. The standard InChI is InChI=1S/C15H26N6O2/c22-14-16-12(18-20-14)10-8-6-4-2-1-3-5-7-9-11-13-17-15(23)21-19-13/h1-11H2,(H2,16,18,20,22)(H2,17,19,21,23). The van der Waals surface area contributed by atoms with E-state index in [0.29, 0.717) is 0 Å². The van der Waals surface area contributed by atoms with Crippen LogP contribution in [0.3, 0.4) is 0 Å². The van der Waals surface area contributed by atoms with Gasteiger partial charge in [-0.15, -0.1) is 0 Å². The number of hydrogen-bond acceptors (Lipinski definition) is 4. The summed E-state index contributed by atoms with van der Waals surface area (Å²) in [5.74, 6) is 1.52. The number of aryl methyl sites for hydroxylation is 2. The Balaban J connectivity index is 1.35. The van der Waals surface area contributed by atoms with Gasteiger partial charge in [0.1, 0.15) is 11.6 Å². The Morgan fingerprint density at radius 3 is 1.22 bits per heavy atom. The number of unbranched alkanes of at least 4 members (excludes halogenated alkanes) is 8. The third kappa shape index (κ3) is 7.12. The lowest BCUT2D eigenvalue weighted by atomic mass is 10.1. The first-order valence-electron chi connectivity index (χ1n) is 8.51. The highest BCUT2D eigenvalue weighted by Gasteiger charge is 1.99. The number of rotatable bonds is 12. The first-order chi connectivity index (χ1) is 11.2. The fourth-order valence-electron chi connectivity index (χ4n) is 2.67. The average molecular weight is 322 g/mol. The van der Waals surface area contributed by atoms with Gasteiger partial charge in [0.2, 0.25) is 0 Å². The number of H-pyrrole nitrogens is 4. The maximum absolute atomic E-state index is 10.9. The van der Waals surface area contributed by atoms with Crippen LogP contribution in [0.15, 0.2) is 9.59 Å². The van der Waals surface area contributed by atoms with Crippen LogP contribution in [0.2, 0.25) is 0 Å². The monoisotopic (exact) mass is 322 g/mol. The third-order valence-electron chi connectivity index (χ3n) is 3.93. The van der Waals surface area contributed by atoms with Gasteiger partial charge < -0.3 is 0 Å². The highest BCUT2D eigenvalue weighted by Crippen LogP contribution is 2.11. The van der Waals surface area contributed by atoms with Gasteiger partial charge in [-0.1, -0.05) is 44.9 Å². The molecule has 128 valence electrons. The summed E-state index contributed by atoms with van der Waals surface area (Å²) in [6, 6.07) is 0. The van der Waals surface area contributed by atoms with E-state index in [4.69, 9.17) is 0 Å². The van der Waals surface area contributed by atoms with Gasteiger partial charge >= 0.3 is 11.4 Å². The van der Waals surface area contributed by atoms with E-state index in [2.05, 4.69) is 30.4 Å². The van der Waals surface area contributed by atoms with Crippen molar-refractivity contribution in [2.45, 2.75) is 70.6 Å². The van der Waals surface area contributed by atoms with E-state index < -0.39 is 0 Å². The maximum Gasteiger partial charge on any atom is 0.340 e. The lowest BCUT2D eigenvalue weighted by Gasteiger charge is -2.02. The van der Waals surface area contributed by atoms with Crippen LogP contribution < -0.4 is 11.4 Å². The van der Waals surface area contributed by atoms with E-state index in [-0.39, 0.29) is 11.4 Å². The molecule has 0 radical (unpaired) electrons. The Labute approximate surface area is 134 Å². The molecule has 0 aliphatic rings. The van der Waals surface area contributed by atoms with Gasteiger partial charge in [-0.25, -0.2) is 19.8 Å². The quantitative estimate of drug-likeness (QED) is 0.445. The van der Waals surface area contributed by atoms with E-state index in [0.717, 1.165) is 37.3 Å². The Kier molecular flexibility index (Phi) is 7.35. The minimum absolute atomic E-state index is 0.223. The molecule has 0 atom stereocenters. The van der Waals surface area contributed by atoms with Crippen molar-refractivity contribution in [1.29, 1.82) is 0 Å². The Morgan fingerprint density at radius 1 is 0.565 bits per heavy atom. The fraction of sp³-hybridized carbons (Fsp3) is 0.733. The van der Waals surface area contributed by atoms with E-state index in [1.165, 1.54) is 44.9 Å². The van der Waals surface area contributed by atoms with Crippen molar-refractivity contribution in [3.63, 3.8) is 0 Å². The zero-order valence-corrected chi connectivity index (χ0v) is 13.5. The van der Waals surface area contributed by atoms with Gasteiger partial charge in [-0.2, -0.15) is 10.2 Å². The number of aromatic amines is 4. The highest BCUT2D eigenvalue weighted by atomic mass is 16.1. The molecule has 0 aliphatic carbocycles. The van der Waals surface area contributed by atoms with Crippen LogP contribution in [-0.2, 0) is 12.8 Å². The molecule has 0 bridgehead atoms. The molecule has 2 heterocycles. The molecule has 0 fully saturated rings. The van der Waals surface area contributed by atoms with Gasteiger partial charge in [0, 0.05) is 12.8 Å². The van der Waals surface area contributed by atoms with Crippen molar-refractivity contribution in [3.05, 3.63) is 32.6 Å². The van der Waals surface area contributed by atoms with Crippen molar-refractivity contribution in [2.24, 2.45) is 0 Å². The van der Waals surface area contributed by atoms with Crippen LogP contribution in [0.5, 0.6) is 0 Å². The minimum atomic E-state index is -0.223. The lowest BCUT2D eigenvalue weighted by Crippen LogP contribution is -2.01. The summed E-state index contributed by atoms with van der Waals surface area (Å²) in [7, 11) is 0. The minimum Gasteiger partial charge on any atom is -0.293 e. The number of nitrogens with zero attached hydrogens (tertiary/aromatic N) is 2. The predicted octanol–water partition coefficient (Wildman–Crippen LogP) is 1.81. The zero-order chi connectivity index (χ0) is 16.3. The summed E-state index contributed by atoms with van der Waals surface area (Å²) in [4.78, 5) is 27.1. The molecule has 0 saturated carbocycles. The molecule has 2 rings (SSSR count). The summed E-state index contributed by atoms with van der Waals surface area (Å²) in [6.07, 6.45) is 12.5. The molecule has 2 aromatic heterocycles. The molecule has 4 N–H and O–H groups in total. The van der Waals surface area contributed by atoms with E-state index in [9.17, 15) is 9.59 Å².